The zero-order valence-corrected chi connectivity index (χ0v) is 15.3. The molecule has 0 bridgehead atoms. The van der Waals surface area contributed by atoms with Crippen molar-refractivity contribution in [3.05, 3.63) is 78.6 Å². The summed E-state index contributed by atoms with van der Waals surface area (Å²) in [6.07, 6.45) is 4.49. The van der Waals surface area contributed by atoms with E-state index in [1.54, 1.807) is 43.6 Å². The van der Waals surface area contributed by atoms with E-state index in [0.29, 0.717) is 17.3 Å². The molecule has 144 valence electrons. The zero-order chi connectivity index (χ0) is 20.2. The van der Waals surface area contributed by atoms with E-state index in [9.17, 15) is 9.18 Å². The summed E-state index contributed by atoms with van der Waals surface area (Å²) in [6, 6.07) is 12.6. The quantitative estimate of drug-likeness (QED) is 0.563. The standard InChI is InChI=1S/C20H15FN6O2/c1-29-13-6-7-15(23-12-13)19-22-10-9-18(25-19)26-20(28)17-8-11-24-27(17)16-5-3-2-4-14(16)21/h2-12H,1H3,(H,22,25,26,28). The number of para-hydroxylation sites is 1. The molecule has 0 aliphatic rings. The summed E-state index contributed by atoms with van der Waals surface area (Å²) in [7, 11) is 1.55. The Morgan fingerprint density at radius 1 is 1.07 bits per heavy atom. The Balaban J connectivity index is 1.59. The molecule has 0 unspecified atom stereocenters. The number of nitrogens with one attached hydrogen (secondary N) is 1. The van der Waals surface area contributed by atoms with Crippen LogP contribution >= 0.6 is 0 Å². The maximum atomic E-state index is 14.1. The lowest BCUT2D eigenvalue weighted by Gasteiger charge is -2.09. The predicted octanol–water partition coefficient (Wildman–Crippen LogP) is 3.12. The Bertz CT molecular complexity index is 1160. The molecule has 0 atom stereocenters. The van der Waals surface area contributed by atoms with Gasteiger partial charge in [-0.25, -0.2) is 24.0 Å². The smallest absolute Gasteiger partial charge is 0.275 e. The first-order chi connectivity index (χ1) is 14.2. The number of carbonyl (C=O) groups excluding carboxylic acids is 1. The molecule has 0 spiro atoms. The van der Waals surface area contributed by atoms with E-state index in [-0.39, 0.29) is 17.2 Å². The molecule has 4 aromatic rings. The number of amides is 1. The molecule has 3 aromatic heterocycles. The van der Waals surface area contributed by atoms with Crippen LogP contribution in [0, 0.1) is 5.82 Å². The van der Waals surface area contributed by atoms with Crippen molar-refractivity contribution in [3.63, 3.8) is 0 Å². The fourth-order valence-electron chi connectivity index (χ4n) is 2.66. The Hall–Kier alpha value is -4.14. The fraction of sp³-hybridized carbons (Fsp3) is 0.0500. The minimum atomic E-state index is -0.488. The molecule has 29 heavy (non-hydrogen) atoms. The highest BCUT2D eigenvalue weighted by molar-refractivity contribution is 6.02. The van der Waals surface area contributed by atoms with Crippen molar-refractivity contribution in [3.8, 4) is 23.0 Å². The summed E-state index contributed by atoms with van der Waals surface area (Å²) in [4.78, 5) is 25.5. The average Bonchev–Trinajstić information content (AvgIpc) is 3.24. The highest BCUT2D eigenvalue weighted by Crippen LogP contribution is 2.18. The minimum Gasteiger partial charge on any atom is -0.495 e. The summed E-state index contributed by atoms with van der Waals surface area (Å²) in [5.41, 5.74) is 0.865. The van der Waals surface area contributed by atoms with Crippen LogP contribution in [0.15, 0.2) is 67.1 Å². The Labute approximate surface area is 165 Å². The number of methoxy groups -OCH3 is 1. The summed E-state index contributed by atoms with van der Waals surface area (Å²) in [5, 5.41) is 6.73. The van der Waals surface area contributed by atoms with Gasteiger partial charge in [-0.1, -0.05) is 12.1 Å². The topological polar surface area (TPSA) is 94.8 Å². The van der Waals surface area contributed by atoms with Gasteiger partial charge in [-0.3, -0.25) is 4.79 Å². The van der Waals surface area contributed by atoms with E-state index in [4.69, 9.17) is 4.74 Å². The van der Waals surface area contributed by atoms with Crippen LogP contribution in [0.5, 0.6) is 5.75 Å². The van der Waals surface area contributed by atoms with Crippen molar-refractivity contribution in [1.29, 1.82) is 0 Å². The van der Waals surface area contributed by atoms with Crippen molar-refractivity contribution in [2.24, 2.45) is 0 Å². The second-order valence-electron chi connectivity index (χ2n) is 5.88. The predicted molar refractivity (Wildman–Crippen MR) is 103 cm³/mol. The average molecular weight is 390 g/mol. The number of ether oxygens (including phenoxy) is 1. The summed E-state index contributed by atoms with van der Waals surface area (Å²) in [6.45, 7) is 0. The first-order valence-corrected chi connectivity index (χ1v) is 8.59. The van der Waals surface area contributed by atoms with E-state index in [1.165, 1.54) is 35.3 Å². The summed E-state index contributed by atoms with van der Waals surface area (Å²) < 4.78 is 20.4. The lowest BCUT2D eigenvalue weighted by Crippen LogP contribution is -2.18. The van der Waals surface area contributed by atoms with Gasteiger partial charge in [0.2, 0.25) is 0 Å². The van der Waals surface area contributed by atoms with Crippen LogP contribution in [-0.2, 0) is 0 Å². The molecule has 9 heteroatoms. The van der Waals surface area contributed by atoms with Gasteiger partial charge in [0.15, 0.2) is 5.82 Å². The molecule has 0 saturated heterocycles. The van der Waals surface area contributed by atoms with Crippen molar-refractivity contribution >= 4 is 11.7 Å². The molecule has 4 rings (SSSR count). The molecular weight excluding hydrogens is 375 g/mol. The first-order valence-electron chi connectivity index (χ1n) is 8.59. The van der Waals surface area contributed by atoms with E-state index < -0.39 is 11.7 Å². The van der Waals surface area contributed by atoms with Gasteiger partial charge in [0.1, 0.15) is 34.5 Å². The number of hydrogen-bond donors (Lipinski definition) is 1. The van der Waals surface area contributed by atoms with Crippen LogP contribution in [0.25, 0.3) is 17.2 Å². The van der Waals surface area contributed by atoms with Crippen molar-refractivity contribution in [1.82, 2.24) is 24.7 Å². The maximum absolute atomic E-state index is 14.1. The molecule has 1 N–H and O–H groups in total. The second kappa shape index (κ2) is 7.85. The number of anilines is 1. The minimum absolute atomic E-state index is 0.165. The molecule has 3 heterocycles. The Morgan fingerprint density at radius 3 is 2.69 bits per heavy atom. The lowest BCUT2D eigenvalue weighted by molar-refractivity contribution is 0.101. The van der Waals surface area contributed by atoms with Crippen LogP contribution in [0.4, 0.5) is 10.2 Å². The Kier molecular flexibility index (Phi) is 4.93. The molecular formula is C20H15FN6O2. The van der Waals surface area contributed by atoms with Crippen LogP contribution < -0.4 is 10.1 Å². The van der Waals surface area contributed by atoms with Crippen LogP contribution in [-0.4, -0.2) is 37.7 Å². The van der Waals surface area contributed by atoms with Crippen LogP contribution in [0.2, 0.25) is 0 Å². The molecule has 1 amide bonds. The van der Waals surface area contributed by atoms with E-state index in [1.807, 2.05) is 0 Å². The molecule has 0 radical (unpaired) electrons. The van der Waals surface area contributed by atoms with Crippen molar-refractivity contribution < 1.29 is 13.9 Å². The molecule has 0 fully saturated rings. The number of rotatable bonds is 5. The van der Waals surface area contributed by atoms with Crippen molar-refractivity contribution in [2.75, 3.05) is 12.4 Å². The number of nitrogens with zero attached hydrogens (tertiary/aromatic N) is 5. The maximum Gasteiger partial charge on any atom is 0.275 e. The van der Waals surface area contributed by atoms with Gasteiger partial charge in [0.05, 0.1) is 19.5 Å². The number of hydrogen-bond acceptors (Lipinski definition) is 6. The Morgan fingerprint density at radius 2 is 1.93 bits per heavy atom. The summed E-state index contributed by atoms with van der Waals surface area (Å²) >= 11 is 0. The zero-order valence-electron chi connectivity index (χ0n) is 15.3. The molecule has 0 saturated carbocycles. The second-order valence-corrected chi connectivity index (χ2v) is 5.88. The monoisotopic (exact) mass is 390 g/mol. The van der Waals surface area contributed by atoms with E-state index >= 15 is 0 Å². The number of benzene rings is 1. The molecule has 1 aromatic carbocycles. The summed E-state index contributed by atoms with van der Waals surface area (Å²) in [5.74, 6) is 0.254. The number of pyridine rings is 1. The van der Waals surface area contributed by atoms with Gasteiger partial charge < -0.3 is 10.1 Å². The van der Waals surface area contributed by atoms with E-state index in [0.717, 1.165) is 0 Å². The largest absolute Gasteiger partial charge is 0.495 e. The number of halogens is 1. The first kappa shape index (κ1) is 18.2. The van der Waals surface area contributed by atoms with Gasteiger partial charge in [0, 0.05) is 6.20 Å². The molecule has 8 nitrogen and oxygen atoms in total. The third kappa shape index (κ3) is 3.79. The highest BCUT2D eigenvalue weighted by Gasteiger charge is 2.16. The van der Waals surface area contributed by atoms with Crippen LogP contribution in [0.3, 0.4) is 0 Å². The lowest BCUT2D eigenvalue weighted by atomic mass is 10.3. The molecule has 0 aliphatic heterocycles. The highest BCUT2D eigenvalue weighted by atomic mass is 19.1. The van der Waals surface area contributed by atoms with Gasteiger partial charge in [-0.05, 0) is 36.4 Å². The van der Waals surface area contributed by atoms with Gasteiger partial charge >= 0.3 is 0 Å². The normalized spacial score (nSPS) is 10.6. The van der Waals surface area contributed by atoms with E-state index in [2.05, 4.69) is 25.4 Å². The van der Waals surface area contributed by atoms with Gasteiger partial charge in [0.25, 0.3) is 5.91 Å². The molecule has 0 aliphatic carbocycles. The number of aromatic nitrogens is 5. The fourth-order valence-corrected chi connectivity index (χ4v) is 2.66. The third-order valence-electron chi connectivity index (χ3n) is 4.05. The van der Waals surface area contributed by atoms with Gasteiger partial charge in [-0.15, -0.1) is 0 Å². The van der Waals surface area contributed by atoms with Crippen molar-refractivity contribution in [2.45, 2.75) is 0 Å². The van der Waals surface area contributed by atoms with Gasteiger partial charge in [-0.2, -0.15) is 5.10 Å². The number of carbonyl (C=O) groups is 1. The third-order valence-corrected chi connectivity index (χ3v) is 4.05. The SMILES string of the molecule is COc1ccc(-c2nccc(NC(=O)c3ccnn3-c3ccccc3F)n2)nc1. The van der Waals surface area contributed by atoms with Crippen LogP contribution in [0.1, 0.15) is 10.5 Å².